The van der Waals surface area contributed by atoms with Gasteiger partial charge < -0.3 is 9.30 Å². The van der Waals surface area contributed by atoms with Gasteiger partial charge in [-0.3, -0.25) is 0 Å². The Morgan fingerprint density at radius 3 is 2.35 bits per heavy atom. The minimum atomic E-state index is 0.357. The molecule has 5 rings (SSSR count). The standard InChI is InChI=1S/C23H19N5OS2/c1-28-20(16-11-7-4-8-12-16)26-27-23(28)31-22-19-17(15-9-5-3-6-10-15)14-30-21(19)24-18(25-22)13-29-2/h3-12,14H,13H2,1-2H3. The molecule has 0 unspecified atom stereocenters. The van der Waals surface area contributed by atoms with Crippen LogP contribution in [0.3, 0.4) is 0 Å². The smallest absolute Gasteiger partial charge is 0.197 e. The van der Waals surface area contributed by atoms with E-state index in [2.05, 4.69) is 27.7 Å². The summed E-state index contributed by atoms with van der Waals surface area (Å²) >= 11 is 3.12. The number of aromatic nitrogens is 5. The number of methoxy groups -OCH3 is 1. The Kier molecular flexibility index (Phi) is 5.50. The van der Waals surface area contributed by atoms with Gasteiger partial charge in [0.15, 0.2) is 16.8 Å². The Hall–Kier alpha value is -3.07. The van der Waals surface area contributed by atoms with Crippen molar-refractivity contribution in [3.63, 3.8) is 0 Å². The molecule has 6 nitrogen and oxygen atoms in total. The first kappa shape index (κ1) is 19.9. The second-order valence-electron chi connectivity index (χ2n) is 6.91. The van der Waals surface area contributed by atoms with Crippen LogP contribution in [0.2, 0.25) is 0 Å². The lowest BCUT2D eigenvalue weighted by atomic mass is 10.1. The molecule has 154 valence electrons. The molecule has 0 radical (unpaired) electrons. The number of thiophene rings is 1. The van der Waals surface area contributed by atoms with Crippen LogP contribution in [0.4, 0.5) is 0 Å². The maximum atomic E-state index is 5.30. The molecule has 2 aromatic carbocycles. The molecule has 3 heterocycles. The number of nitrogens with zero attached hydrogens (tertiary/aromatic N) is 5. The monoisotopic (exact) mass is 445 g/mol. The van der Waals surface area contributed by atoms with E-state index in [1.54, 1.807) is 18.4 Å². The summed E-state index contributed by atoms with van der Waals surface area (Å²) in [6.07, 6.45) is 0. The molecule has 0 amide bonds. The van der Waals surface area contributed by atoms with Crippen molar-refractivity contribution >= 4 is 33.3 Å². The van der Waals surface area contributed by atoms with E-state index in [9.17, 15) is 0 Å². The van der Waals surface area contributed by atoms with E-state index < -0.39 is 0 Å². The number of hydrogen-bond acceptors (Lipinski definition) is 7. The van der Waals surface area contributed by atoms with E-state index in [0.29, 0.717) is 12.4 Å². The van der Waals surface area contributed by atoms with E-state index in [1.165, 1.54) is 11.8 Å². The largest absolute Gasteiger partial charge is 0.377 e. The normalized spacial score (nSPS) is 11.3. The average molecular weight is 446 g/mol. The second kappa shape index (κ2) is 8.58. The first-order valence-corrected chi connectivity index (χ1v) is 11.4. The zero-order chi connectivity index (χ0) is 21.2. The summed E-state index contributed by atoms with van der Waals surface area (Å²) in [4.78, 5) is 10.5. The molecular weight excluding hydrogens is 426 g/mol. The highest BCUT2D eigenvalue weighted by molar-refractivity contribution is 7.99. The number of rotatable bonds is 6. The molecular formula is C23H19N5OS2. The third-order valence-electron chi connectivity index (χ3n) is 4.86. The van der Waals surface area contributed by atoms with Gasteiger partial charge in [0, 0.05) is 30.7 Å². The summed E-state index contributed by atoms with van der Waals surface area (Å²) in [5.74, 6) is 1.48. The predicted octanol–water partition coefficient (Wildman–Crippen LogP) is 5.45. The zero-order valence-electron chi connectivity index (χ0n) is 17.0. The van der Waals surface area contributed by atoms with Crippen molar-refractivity contribution in [2.45, 2.75) is 16.8 Å². The summed E-state index contributed by atoms with van der Waals surface area (Å²) in [7, 11) is 3.63. The van der Waals surface area contributed by atoms with Crippen LogP contribution in [-0.2, 0) is 18.4 Å². The van der Waals surface area contributed by atoms with Gasteiger partial charge in [0.05, 0.1) is 5.39 Å². The minimum absolute atomic E-state index is 0.357. The van der Waals surface area contributed by atoms with Crippen molar-refractivity contribution in [1.82, 2.24) is 24.7 Å². The summed E-state index contributed by atoms with van der Waals surface area (Å²) in [5.41, 5.74) is 3.29. The van der Waals surface area contributed by atoms with Gasteiger partial charge in [-0.05, 0) is 17.3 Å². The molecule has 0 spiro atoms. The van der Waals surface area contributed by atoms with Crippen LogP contribution in [0, 0.1) is 0 Å². The molecule has 0 saturated carbocycles. The fourth-order valence-electron chi connectivity index (χ4n) is 3.38. The van der Waals surface area contributed by atoms with Crippen LogP contribution < -0.4 is 0 Å². The van der Waals surface area contributed by atoms with Gasteiger partial charge in [0.25, 0.3) is 0 Å². The van der Waals surface area contributed by atoms with Crippen LogP contribution in [0.15, 0.2) is 76.2 Å². The number of benzene rings is 2. The lowest BCUT2D eigenvalue weighted by Gasteiger charge is -2.08. The molecule has 0 fully saturated rings. The molecule has 0 aliphatic rings. The van der Waals surface area contributed by atoms with E-state index >= 15 is 0 Å². The Balaban J connectivity index is 1.62. The summed E-state index contributed by atoms with van der Waals surface area (Å²) < 4.78 is 7.29. The van der Waals surface area contributed by atoms with Crippen LogP contribution in [0.1, 0.15) is 5.82 Å². The predicted molar refractivity (Wildman–Crippen MR) is 124 cm³/mol. The minimum Gasteiger partial charge on any atom is -0.377 e. The van der Waals surface area contributed by atoms with Crippen molar-refractivity contribution < 1.29 is 4.74 Å². The fraction of sp³-hybridized carbons (Fsp3) is 0.130. The van der Waals surface area contributed by atoms with Gasteiger partial charge in [-0.25, -0.2) is 9.97 Å². The van der Waals surface area contributed by atoms with E-state index in [1.807, 2.05) is 60.1 Å². The molecule has 0 aliphatic heterocycles. The fourth-order valence-corrected chi connectivity index (χ4v) is 5.35. The third kappa shape index (κ3) is 3.85. The SMILES string of the molecule is COCc1nc(Sc2nnc(-c3ccccc3)n2C)c2c(-c3ccccc3)csc2n1. The first-order chi connectivity index (χ1) is 15.2. The van der Waals surface area contributed by atoms with Crippen LogP contribution >= 0.6 is 23.1 Å². The summed E-state index contributed by atoms with van der Waals surface area (Å²) in [6, 6.07) is 20.4. The third-order valence-corrected chi connectivity index (χ3v) is 6.76. The molecule has 0 atom stereocenters. The molecule has 0 aliphatic carbocycles. The van der Waals surface area contributed by atoms with Crippen molar-refractivity contribution in [2.75, 3.05) is 7.11 Å². The van der Waals surface area contributed by atoms with E-state index in [-0.39, 0.29) is 0 Å². The molecule has 3 aromatic heterocycles. The summed E-state index contributed by atoms with van der Waals surface area (Å²) in [5, 5.41) is 13.7. The molecule has 0 N–H and O–H groups in total. The van der Waals surface area contributed by atoms with Gasteiger partial charge in [-0.2, -0.15) is 0 Å². The van der Waals surface area contributed by atoms with Crippen molar-refractivity contribution in [1.29, 1.82) is 0 Å². The van der Waals surface area contributed by atoms with Crippen LogP contribution in [-0.4, -0.2) is 31.8 Å². The Labute approximate surface area is 188 Å². The maximum absolute atomic E-state index is 5.30. The van der Waals surface area contributed by atoms with E-state index in [4.69, 9.17) is 14.7 Å². The molecule has 0 saturated heterocycles. The van der Waals surface area contributed by atoms with Gasteiger partial charge in [0.2, 0.25) is 0 Å². The van der Waals surface area contributed by atoms with Crippen molar-refractivity contribution in [3.8, 4) is 22.5 Å². The van der Waals surface area contributed by atoms with Gasteiger partial charge >= 0.3 is 0 Å². The molecule has 31 heavy (non-hydrogen) atoms. The Morgan fingerprint density at radius 2 is 1.65 bits per heavy atom. The lowest BCUT2D eigenvalue weighted by molar-refractivity contribution is 0.177. The summed E-state index contributed by atoms with van der Waals surface area (Å²) in [6.45, 7) is 0.357. The first-order valence-electron chi connectivity index (χ1n) is 9.69. The van der Waals surface area contributed by atoms with E-state index in [0.717, 1.165) is 42.9 Å². The van der Waals surface area contributed by atoms with Crippen molar-refractivity contribution in [3.05, 3.63) is 71.9 Å². The molecule has 5 aromatic rings. The number of ether oxygens (including phenoxy) is 1. The quantitative estimate of drug-likeness (QED) is 0.324. The lowest BCUT2D eigenvalue weighted by Crippen LogP contribution is -2.00. The topological polar surface area (TPSA) is 65.7 Å². The highest BCUT2D eigenvalue weighted by Gasteiger charge is 2.19. The highest BCUT2D eigenvalue weighted by atomic mass is 32.2. The van der Waals surface area contributed by atoms with Gasteiger partial charge in [-0.15, -0.1) is 21.5 Å². The van der Waals surface area contributed by atoms with Gasteiger partial charge in [-0.1, -0.05) is 60.7 Å². The average Bonchev–Trinajstić information content (AvgIpc) is 3.39. The number of fused-ring (bicyclic) bond motifs is 1. The zero-order valence-corrected chi connectivity index (χ0v) is 18.7. The molecule has 0 bridgehead atoms. The van der Waals surface area contributed by atoms with Crippen LogP contribution in [0.25, 0.3) is 32.7 Å². The van der Waals surface area contributed by atoms with Gasteiger partial charge in [0.1, 0.15) is 16.5 Å². The second-order valence-corrected chi connectivity index (χ2v) is 8.72. The van der Waals surface area contributed by atoms with Crippen LogP contribution in [0.5, 0.6) is 0 Å². The number of hydrogen-bond donors (Lipinski definition) is 0. The Morgan fingerprint density at radius 1 is 0.935 bits per heavy atom. The highest BCUT2D eigenvalue weighted by Crippen LogP contribution is 2.40. The molecule has 8 heteroatoms. The van der Waals surface area contributed by atoms with Crippen molar-refractivity contribution in [2.24, 2.45) is 7.05 Å². The Bertz CT molecular complexity index is 1330. The maximum Gasteiger partial charge on any atom is 0.197 e.